The first-order valence-corrected chi connectivity index (χ1v) is 6.15. The number of ether oxygens (including phenoxy) is 1. The van der Waals surface area contributed by atoms with E-state index < -0.39 is 13.0 Å². The van der Waals surface area contributed by atoms with Gasteiger partial charge in [0, 0.05) is 12.3 Å². The Hall–Kier alpha value is -0.580. The normalized spacial score (nSPS) is 26.2. The Morgan fingerprint density at radius 1 is 1.35 bits per heavy atom. The van der Waals surface area contributed by atoms with Crippen molar-refractivity contribution in [2.45, 2.75) is 51.8 Å². The number of alkyl halides is 3. The summed E-state index contributed by atoms with van der Waals surface area (Å²) in [7, 11) is 0. The van der Waals surface area contributed by atoms with E-state index >= 15 is 0 Å². The lowest BCUT2D eigenvalue weighted by Crippen LogP contribution is -2.27. The van der Waals surface area contributed by atoms with Crippen LogP contribution in [0.5, 0.6) is 0 Å². The predicted octanol–water partition coefficient (Wildman–Crippen LogP) is 3.70. The molecule has 0 amide bonds. The summed E-state index contributed by atoms with van der Waals surface area (Å²) in [4.78, 5) is 11.6. The van der Waals surface area contributed by atoms with E-state index in [2.05, 4.69) is 11.7 Å². The van der Waals surface area contributed by atoms with Crippen molar-refractivity contribution in [2.24, 2.45) is 11.8 Å². The number of hydrogen-bond donors (Lipinski definition) is 0. The van der Waals surface area contributed by atoms with E-state index in [1.54, 1.807) is 0 Å². The highest BCUT2D eigenvalue weighted by molar-refractivity contribution is 5.81. The molecule has 2 nitrogen and oxygen atoms in total. The zero-order valence-electron chi connectivity index (χ0n) is 10.1. The molecule has 1 aliphatic rings. The fourth-order valence-corrected chi connectivity index (χ4v) is 2.47. The third-order valence-corrected chi connectivity index (χ3v) is 3.30. The van der Waals surface area contributed by atoms with E-state index in [1.165, 1.54) is 0 Å². The summed E-state index contributed by atoms with van der Waals surface area (Å²) >= 11 is 0. The van der Waals surface area contributed by atoms with E-state index in [4.69, 9.17) is 0 Å². The lowest BCUT2D eigenvalue weighted by atomic mass is 9.77. The Morgan fingerprint density at radius 3 is 2.65 bits per heavy atom. The van der Waals surface area contributed by atoms with Gasteiger partial charge in [-0.1, -0.05) is 19.8 Å². The van der Waals surface area contributed by atoms with Gasteiger partial charge in [0.25, 0.3) is 0 Å². The number of carbonyl (C=O) groups excluding carboxylic acids is 1. The minimum atomic E-state index is -4.58. The predicted molar refractivity (Wildman–Crippen MR) is 57.4 cm³/mol. The van der Waals surface area contributed by atoms with E-state index in [0.29, 0.717) is 12.3 Å². The number of ketones is 1. The van der Waals surface area contributed by atoms with E-state index in [1.807, 2.05) is 0 Å². The maximum Gasteiger partial charge on any atom is 0.522 e. The average molecular weight is 252 g/mol. The first-order valence-electron chi connectivity index (χ1n) is 6.15. The molecule has 0 bridgehead atoms. The van der Waals surface area contributed by atoms with Crippen LogP contribution >= 0.6 is 0 Å². The Balaban J connectivity index is 2.32. The number of rotatable bonds is 5. The molecule has 100 valence electrons. The Bertz CT molecular complexity index is 251. The van der Waals surface area contributed by atoms with Crippen molar-refractivity contribution in [1.29, 1.82) is 0 Å². The summed E-state index contributed by atoms with van der Waals surface area (Å²) in [5.41, 5.74) is 0. The smallest absolute Gasteiger partial charge is 0.299 e. The maximum atomic E-state index is 11.8. The molecular weight excluding hydrogens is 233 g/mol. The van der Waals surface area contributed by atoms with Crippen LogP contribution in [0.1, 0.15) is 45.4 Å². The SMILES string of the molecule is CCCC1CCC(=O)C(CCOC(F)(F)F)C1. The topological polar surface area (TPSA) is 26.3 Å². The van der Waals surface area contributed by atoms with E-state index in [9.17, 15) is 18.0 Å². The standard InChI is InChI=1S/C12H19F3O2/c1-2-3-9-4-5-11(16)10(8-9)6-7-17-12(13,14)15/h9-10H,2-8H2,1H3. The molecule has 1 aliphatic carbocycles. The van der Waals surface area contributed by atoms with E-state index in [0.717, 1.165) is 25.7 Å². The van der Waals surface area contributed by atoms with Gasteiger partial charge in [-0.2, -0.15) is 0 Å². The highest BCUT2D eigenvalue weighted by Crippen LogP contribution is 2.32. The molecule has 1 rings (SSSR count). The highest BCUT2D eigenvalue weighted by atomic mass is 19.4. The molecule has 0 saturated heterocycles. The monoisotopic (exact) mass is 252 g/mol. The molecule has 0 aromatic heterocycles. The molecule has 2 unspecified atom stereocenters. The molecule has 1 fully saturated rings. The van der Waals surface area contributed by atoms with Crippen molar-refractivity contribution < 1.29 is 22.7 Å². The molecule has 2 atom stereocenters. The van der Waals surface area contributed by atoms with Gasteiger partial charge in [-0.15, -0.1) is 13.2 Å². The lowest BCUT2D eigenvalue weighted by Gasteiger charge is -2.27. The van der Waals surface area contributed by atoms with Crippen LogP contribution in [0.2, 0.25) is 0 Å². The first kappa shape index (κ1) is 14.5. The van der Waals surface area contributed by atoms with Crippen LogP contribution in [-0.4, -0.2) is 18.8 Å². The first-order chi connectivity index (χ1) is 7.92. The van der Waals surface area contributed by atoms with Crippen molar-refractivity contribution in [3.05, 3.63) is 0 Å². The minimum Gasteiger partial charge on any atom is -0.299 e. The molecule has 1 saturated carbocycles. The zero-order chi connectivity index (χ0) is 12.9. The van der Waals surface area contributed by atoms with Crippen molar-refractivity contribution in [1.82, 2.24) is 0 Å². The second-order valence-corrected chi connectivity index (χ2v) is 4.68. The molecule has 0 aromatic carbocycles. The fraction of sp³-hybridized carbons (Fsp3) is 0.917. The molecule has 0 spiro atoms. The van der Waals surface area contributed by atoms with Gasteiger partial charge < -0.3 is 0 Å². The van der Waals surface area contributed by atoms with Gasteiger partial charge in [0.15, 0.2) is 0 Å². The summed E-state index contributed by atoms with van der Waals surface area (Å²) in [6, 6.07) is 0. The van der Waals surface area contributed by atoms with Crippen LogP contribution in [0, 0.1) is 11.8 Å². The molecule has 0 N–H and O–H groups in total. The second-order valence-electron chi connectivity index (χ2n) is 4.68. The summed E-state index contributed by atoms with van der Waals surface area (Å²) in [5.74, 6) is 0.361. The molecule has 17 heavy (non-hydrogen) atoms. The van der Waals surface area contributed by atoms with Crippen molar-refractivity contribution in [3.8, 4) is 0 Å². The third kappa shape index (κ3) is 5.52. The number of hydrogen-bond acceptors (Lipinski definition) is 2. The maximum absolute atomic E-state index is 11.8. The number of halogens is 3. The van der Waals surface area contributed by atoms with Crippen LogP contribution in [0.3, 0.4) is 0 Å². The Kier molecular flexibility index (Phi) is 5.43. The highest BCUT2D eigenvalue weighted by Gasteiger charge is 2.32. The van der Waals surface area contributed by atoms with Crippen LogP contribution in [0.25, 0.3) is 0 Å². The van der Waals surface area contributed by atoms with Crippen LogP contribution < -0.4 is 0 Å². The zero-order valence-corrected chi connectivity index (χ0v) is 10.1. The van der Waals surface area contributed by atoms with Crippen molar-refractivity contribution in [3.63, 3.8) is 0 Å². The number of carbonyl (C=O) groups is 1. The average Bonchev–Trinajstić information content (AvgIpc) is 2.21. The summed E-state index contributed by atoms with van der Waals surface area (Å²) in [6.07, 6.45) is -0.133. The third-order valence-electron chi connectivity index (χ3n) is 3.30. The number of Topliss-reactive ketones (excluding diaryl/α,β-unsaturated/α-hetero) is 1. The van der Waals surface area contributed by atoms with Gasteiger partial charge in [0.1, 0.15) is 5.78 Å². The van der Waals surface area contributed by atoms with Gasteiger partial charge in [0.05, 0.1) is 6.61 Å². The quantitative estimate of drug-likeness (QED) is 0.745. The second kappa shape index (κ2) is 6.38. The van der Waals surface area contributed by atoms with E-state index in [-0.39, 0.29) is 18.1 Å². The van der Waals surface area contributed by atoms with Crippen LogP contribution in [0.4, 0.5) is 13.2 Å². The lowest BCUT2D eigenvalue weighted by molar-refractivity contribution is -0.325. The van der Waals surface area contributed by atoms with Crippen molar-refractivity contribution in [2.75, 3.05) is 6.61 Å². The van der Waals surface area contributed by atoms with Gasteiger partial charge in [-0.05, 0) is 25.2 Å². The van der Waals surface area contributed by atoms with Crippen LogP contribution in [0.15, 0.2) is 0 Å². The molecule has 0 radical (unpaired) electrons. The summed E-state index contributed by atoms with van der Waals surface area (Å²) in [6.45, 7) is 1.68. The molecule has 5 heteroatoms. The summed E-state index contributed by atoms with van der Waals surface area (Å²) in [5, 5.41) is 0. The van der Waals surface area contributed by atoms with Crippen LogP contribution in [-0.2, 0) is 9.53 Å². The summed E-state index contributed by atoms with van der Waals surface area (Å²) < 4.78 is 39.1. The van der Waals surface area contributed by atoms with Gasteiger partial charge >= 0.3 is 6.36 Å². The molecule has 0 heterocycles. The molecule has 0 aliphatic heterocycles. The van der Waals surface area contributed by atoms with Gasteiger partial charge in [-0.3, -0.25) is 9.53 Å². The Labute approximate surface area is 99.5 Å². The minimum absolute atomic E-state index is 0.100. The fourth-order valence-electron chi connectivity index (χ4n) is 2.47. The molecule has 0 aromatic rings. The largest absolute Gasteiger partial charge is 0.522 e. The molecular formula is C12H19F3O2. The van der Waals surface area contributed by atoms with Gasteiger partial charge in [0.2, 0.25) is 0 Å². The van der Waals surface area contributed by atoms with Gasteiger partial charge in [-0.25, -0.2) is 0 Å². The Morgan fingerprint density at radius 2 is 2.06 bits per heavy atom. The van der Waals surface area contributed by atoms with Crippen molar-refractivity contribution >= 4 is 5.78 Å².